The molecule has 0 spiro atoms. The molecule has 0 atom stereocenters. The Morgan fingerprint density at radius 1 is 1.15 bits per heavy atom. The van der Waals surface area contributed by atoms with Crippen molar-refractivity contribution in [1.29, 1.82) is 0 Å². The van der Waals surface area contributed by atoms with E-state index in [4.69, 9.17) is 28.9 Å². The molecule has 20 heavy (non-hydrogen) atoms. The number of rotatable bonds is 3. The van der Waals surface area contributed by atoms with Gasteiger partial charge in [0.2, 0.25) is 0 Å². The zero-order valence-electron chi connectivity index (χ0n) is 10.0. The van der Waals surface area contributed by atoms with Gasteiger partial charge in [0, 0.05) is 17.4 Å². The van der Waals surface area contributed by atoms with Gasteiger partial charge in [0.25, 0.3) is 5.91 Å². The Kier molecular flexibility index (Phi) is 4.16. The molecule has 0 bridgehead atoms. The van der Waals surface area contributed by atoms with Crippen LogP contribution in [0, 0.1) is 0 Å². The lowest BCUT2D eigenvalue weighted by molar-refractivity contribution is 0.102. The van der Waals surface area contributed by atoms with Gasteiger partial charge in [-0.3, -0.25) is 4.79 Å². The quantitative estimate of drug-likeness (QED) is 0.700. The van der Waals surface area contributed by atoms with Crippen molar-refractivity contribution in [2.24, 2.45) is 5.73 Å². The number of amides is 3. The molecular weight excluding hydrogens is 303 g/mol. The number of hydrogen-bond acceptors (Lipinski definition) is 2. The third kappa shape index (κ3) is 3.23. The second-order valence-electron chi connectivity index (χ2n) is 3.86. The maximum atomic E-state index is 11.9. The molecule has 0 aliphatic heterocycles. The van der Waals surface area contributed by atoms with E-state index in [9.17, 15) is 9.59 Å². The molecule has 0 aliphatic rings. The predicted molar refractivity (Wildman–Crippen MR) is 78.4 cm³/mol. The molecule has 1 aromatic heterocycles. The molecule has 104 valence electrons. The summed E-state index contributed by atoms with van der Waals surface area (Å²) in [7, 11) is 0. The summed E-state index contributed by atoms with van der Waals surface area (Å²) in [6.45, 7) is 0. The summed E-state index contributed by atoms with van der Waals surface area (Å²) in [6.07, 6.45) is 3.16. The van der Waals surface area contributed by atoms with Gasteiger partial charge in [-0.1, -0.05) is 23.2 Å². The molecule has 0 saturated heterocycles. The number of aromatic amines is 1. The van der Waals surface area contributed by atoms with Gasteiger partial charge in [-0.05, 0) is 18.2 Å². The van der Waals surface area contributed by atoms with Crippen molar-refractivity contribution in [3.8, 4) is 0 Å². The first-order valence-electron chi connectivity index (χ1n) is 5.47. The fourth-order valence-electron chi connectivity index (χ4n) is 1.56. The number of carbonyl (C=O) groups excluding carboxylic acids is 2. The maximum Gasteiger partial charge on any atom is 0.316 e. The van der Waals surface area contributed by atoms with Crippen molar-refractivity contribution in [1.82, 2.24) is 4.98 Å². The number of anilines is 2. The summed E-state index contributed by atoms with van der Waals surface area (Å²) >= 11 is 12.0. The van der Waals surface area contributed by atoms with Gasteiger partial charge < -0.3 is 21.4 Å². The zero-order valence-corrected chi connectivity index (χ0v) is 11.5. The van der Waals surface area contributed by atoms with Crippen LogP contribution in [0.5, 0.6) is 0 Å². The molecule has 2 rings (SSSR count). The Labute approximate surface area is 124 Å². The summed E-state index contributed by atoms with van der Waals surface area (Å²) in [5, 5.41) is 5.36. The molecular formula is C12H10Cl2N4O2. The molecule has 0 radical (unpaired) electrons. The van der Waals surface area contributed by atoms with Crippen LogP contribution in [-0.2, 0) is 0 Å². The third-order valence-corrected chi connectivity index (χ3v) is 3.03. The Morgan fingerprint density at radius 3 is 2.35 bits per heavy atom. The number of aromatic nitrogens is 1. The number of hydrogen-bond donors (Lipinski definition) is 4. The molecule has 6 nitrogen and oxygen atoms in total. The molecule has 3 amide bonds. The van der Waals surface area contributed by atoms with Gasteiger partial charge in [-0.15, -0.1) is 0 Å². The zero-order chi connectivity index (χ0) is 14.7. The summed E-state index contributed by atoms with van der Waals surface area (Å²) in [4.78, 5) is 25.6. The van der Waals surface area contributed by atoms with Crippen molar-refractivity contribution in [3.63, 3.8) is 0 Å². The molecule has 0 saturated carbocycles. The van der Waals surface area contributed by atoms with Crippen LogP contribution in [0.1, 0.15) is 10.4 Å². The number of nitrogens with one attached hydrogen (secondary N) is 3. The third-order valence-electron chi connectivity index (χ3n) is 2.40. The van der Waals surface area contributed by atoms with Crippen LogP contribution >= 0.6 is 23.2 Å². The number of nitrogens with two attached hydrogens (primary N) is 1. The summed E-state index contributed by atoms with van der Waals surface area (Å²) in [5.41, 5.74) is 5.96. The Hall–Kier alpha value is -2.18. The second-order valence-corrected chi connectivity index (χ2v) is 4.67. The van der Waals surface area contributed by atoms with E-state index in [0.717, 1.165) is 0 Å². The van der Waals surface area contributed by atoms with Crippen LogP contribution in [0.4, 0.5) is 16.2 Å². The molecule has 0 unspecified atom stereocenters. The minimum atomic E-state index is -0.780. The number of primary amides is 1. The highest BCUT2D eigenvalue weighted by Crippen LogP contribution is 2.34. The van der Waals surface area contributed by atoms with E-state index in [-0.39, 0.29) is 22.3 Å². The largest absolute Gasteiger partial charge is 0.367 e. The van der Waals surface area contributed by atoms with Gasteiger partial charge >= 0.3 is 6.03 Å². The SMILES string of the molecule is NC(=O)Nc1cc(Cl)cc(NC(=O)c2cc[nH]c2)c1Cl. The van der Waals surface area contributed by atoms with Gasteiger partial charge in [-0.25, -0.2) is 4.79 Å². The van der Waals surface area contributed by atoms with Gasteiger partial charge in [0.1, 0.15) is 0 Å². The smallest absolute Gasteiger partial charge is 0.316 e. The number of urea groups is 1. The monoisotopic (exact) mass is 312 g/mol. The second kappa shape index (κ2) is 5.85. The van der Waals surface area contributed by atoms with E-state index < -0.39 is 6.03 Å². The summed E-state index contributed by atoms with van der Waals surface area (Å²) < 4.78 is 0. The van der Waals surface area contributed by atoms with E-state index in [1.807, 2.05) is 0 Å². The predicted octanol–water partition coefficient (Wildman–Crippen LogP) is 3.06. The van der Waals surface area contributed by atoms with Crippen molar-refractivity contribution < 1.29 is 9.59 Å². The van der Waals surface area contributed by atoms with Gasteiger partial charge in [-0.2, -0.15) is 0 Å². The number of halogens is 2. The van der Waals surface area contributed by atoms with Crippen LogP contribution in [0.2, 0.25) is 10.0 Å². The van der Waals surface area contributed by atoms with Crippen molar-refractivity contribution in [2.45, 2.75) is 0 Å². The average molecular weight is 313 g/mol. The number of benzene rings is 1. The fraction of sp³-hybridized carbons (Fsp3) is 0. The highest BCUT2D eigenvalue weighted by molar-refractivity contribution is 6.38. The van der Waals surface area contributed by atoms with Gasteiger partial charge in [0.15, 0.2) is 0 Å². The first kappa shape index (κ1) is 14.2. The van der Waals surface area contributed by atoms with Crippen molar-refractivity contribution in [2.75, 3.05) is 10.6 Å². The van der Waals surface area contributed by atoms with E-state index in [1.54, 1.807) is 12.3 Å². The maximum absolute atomic E-state index is 11.9. The van der Waals surface area contributed by atoms with Crippen LogP contribution < -0.4 is 16.4 Å². The summed E-state index contributed by atoms with van der Waals surface area (Å²) in [5.74, 6) is -0.361. The van der Waals surface area contributed by atoms with Crippen molar-refractivity contribution in [3.05, 3.63) is 46.2 Å². The lowest BCUT2D eigenvalue weighted by Gasteiger charge is -2.11. The van der Waals surface area contributed by atoms with E-state index in [2.05, 4.69) is 15.6 Å². The molecule has 8 heteroatoms. The lowest BCUT2D eigenvalue weighted by atomic mass is 10.2. The minimum absolute atomic E-state index is 0.136. The van der Waals surface area contributed by atoms with E-state index in [0.29, 0.717) is 10.6 Å². The van der Waals surface area contributed by atoms with E-state index >= 15 is 0 Å². The first-order chi connectivity index (χ1) is 9.47. The molecule has 0 fully saturated rings. The highest BCUT2D eigenvalue weighted by atomic mass is 35.5. The molecule has 1 heterocycles. The van der Waals surface area contributed by atoms with Gasteiger partial charge in [0.05, 0.1) is 22.0 Å². The normalized spacial score (nSPS) is 10.1. The summed E-state index contributed by atoms with van der Waals surface area (Å²) in [6, 6.07) is 3.73. The molecule has 2 aromatic rings. The van der Waals surface area contributed by atoms with Crippen LogP contribution in [0.15, 0.2) is 30.6 Å². The average Bonchev–Trinajstić information content (AvgIpc) is 2.88. The highest BCUT2D eigenvalue weighted by Gasteiger charge is 2.13. The number of H-pyrrole nitrogens is 1. The Morgan fingerprint density at radius 2 is 1.80 bits per heavy atom. The molecule has 1 aromatic carbocycles. The van der Waals surface area contributed by atoms with Crippen LogP contribution in [0.3, 0.4) is 0 Å². The number of carbonyl (C=O) groups is 2. The van der Waals surface area contributed by atoms with E-state index in [1.165, 1.54) is 18.3 Å². The van der Waals surface area contributed by atoms with Crippen LogP contribution in [0.25, 0.3) is 0 Å². The topological polar surface area (TPSA) is 100 Å². The van der Waals surface area contributed by atoms with Crippen molar-refractivity contribution >= 4 is 46.5 Å². The van der Waals surface area contributed by atoms with Crippen LogP contribution in [-0.4, -0.2) is 16.9 Å². The Balaban J connectivity index is 2.29. The lowest BCUT2D eigenvalue weighted by Crippen LogP contribution is -2.20. The minimum Gasteiger partial charge on any atom is -0.367 e. The molecule has 5 N–H and O–H groups in total. The fourth-order valence-corrected chi connectivity index (χ4v) is 1.99. The standard InChI is InChI=1S/C12H10Cl2N4O2/c13-7-3-8(10(14)9(4-7)18-12(15)20)17-11(19)6-1-2-16-5-6/h1-5,16H,(H,17,19)(H3,15,18,20). The first-order valence-corrected chi connectivity index (χ1v) is 6.22. The Bertz CT molecular complexity index is 656. The molecule has 0 aliphatic carbocycles.